The quantitative estimate of drug-likeness (QED) is 0.697. The van der Waals surface area contributed by atoms with E-state index in [0.717, 1.165) is 18.5 Å². The molecule has 0 spiro atoms. The number of anilines is 1. The van der Waals surface area contributed by atoms with Crippen LogP contribution in [0.3, 0.4) is 0 Å². The summed E-state index contributed by atoms with van der Waals surface area (Å²) in [5.74, 6) is 0.0978. The van der Waals surface area contributed by atoms with Gasteiger partial charge in [-0.1, -0.05) is 48.5 Å². The highest BCUT2D eigenvalue weighted by Gasteiger charge is 2.16. The third-order valence-corrected chi connectivity index (χ3v) is 4.63. The van der Waals surface area contributed by atoms with Gasteiger partial charge in [0.25, 0.3) is 0 Å². The van der Waals surface area contributed by atoms with Gasteiger partial charge in [0.2, 0.25) is 5.91 Å². The van der Waals surface area contributed by atoms with Crippen molar-refractivity contribution in [2.75, 3.05) is 5.32 Å². The van der Waals surface area contributed by atoms with E-state index < -0.39 is 0 Å². The number of amides is 1. The Morgan fingerprint density at radius 2 is 1.92 bits per heavy atom. The van der Waals surface area contributed by atoms with Crippen LogP contribution in [0.2, 0.25) is 0 Å². The van der Waals surface area contributed by atoms with Crippen molar-refractivity contribution in [1.82, 2.24) is 4.98 Å². The lowest BCUT2D eigenvalue weighted by atomic mass is 9.93. The molecule has 0 saturated heterocycles. The van der Waals surface area contributed by atoms with E-state index in [1.165, 1.54) is 27.8 Å². The molecule has 26 heavy (non-hydrogen) atoms. The smallest absolute Gasteiger partial charge is 0.224 e. The summed E-state index contributed by atoms with van der Waals surface area (Å²) >= 11 is 0. The molecule has 0 radical (unpaired) electrons. The van der Waals surface area contributed by atoms with Gasteiger partial charge >= 0.3 is 0 Å². The number of aromatic nitrogens is 1. The largest absolute Gasteiger partial charge is 0.326 e. The highest BCUT2D eigenvalue weighted by molar-refractivity contribution is 5.94. The Hall–Kier alpha value is -3.20. The molecule has 0 saturated carbocycles. The van der Waals surface area contributed by atoms with Crippen LogP contribution in [0.5, 0.6) is 0 Å². The van der Waals surface area contributed by atoms with Crippen LogP contribution < -0.4 is 5.32 Å². The number of carbonyl (C=O) groups excluding carboxylic acids is 1. The normalized spacial score (nSPS) is 13.8. The third-order valence-electron chi connectivity index (χ3n) is 4.63. The molecule has 0 fully saturated rings. The molecule has 3 heteroatoms. The molecule has 3 nitrogen and oxygen atoms in total. The summed E-state index contributed by atoms with van der Waals surface area (Å²) in [5, 5.41) is 2.96. The van der Waals surface area contributed by atoms with Crippen molar-refractivity contribution in [2.45, 2.75) is 19.3 Å². The maximum absolute atomic E-state index is 11.6. The molecule has 1 amide bonds. The highest BCUT2D eigenvalue weighted by Crippen LogP contribution is 2.29. The first kappa shape index (κ1) is 16.3. The van der Waals surface area contributed by atoms with Crippen LogP contribution in [0.1, 0.15) is 28.7 Å². The summed E-state index contributed by atoms with van der Waals surface area (Å²) in [7, 11) is 0. The Bertz CT molecular complexity index is 946. The Labute approximate surface area is 153 Å². The number of hydrogen-bond donors (Lipinski definition) is 1. The first-order chi connectivity index (χ1) is 12.8. The predicted octanol–water partition coefficient (Wildman–Crippen LogP) is 4.75. The maximum atomic E-state index is 11.6. The molecule has 0 atom stereocenters. The number of nitrogens with one attached hydrogen (secondary N) is 1. The lowest BCUT2D eigenvalue weighted by Gasteiger charge is -2.18. The number of carbonyl (C=O) groups is 1. The van der Waals surface area contributed by atoms with Crippen LogP contribution in [-0.4, -0.2) is 10.9 Å². The van der Waals surface area contributed by atoms with E-state index in [9.17, 15) is 4.79 Å². The lowest BCUT2D eigenvalue weighted by molar-refractivity contribution is -0.116. The van der Waals surface area contributed by atoms with Crippen molar-refractivity contribution in [3.8, 4) is 0 Å². The summed E-state index contributed by atoms with van der Waals surface area (Å²) in [6, 6.07) is 20.7. The number of allylic oxidation sites excluding steroid dienone is 1. The summed E-state index contributed by atoms with van der Waals surface area (Å²) < 4.78 is 0. The second-order valence-electron chi connectivity index (χ2n) is 6.54. The van der Waals surface area contributed by atoms with Crippen LogP contribution in [-0.2, 0) is 17.6 Å². The molecule has 0 aliphatic carbocycles. The monoisotopic (exact) mass is 340 g/mol. The SMILES string of the molecule is O=C1CCc2cc(/C(=C\c3ccccc3)Cc3cccnc3)ccc2N1. The van der Waals surface area contributed by atoms with Crippen LogP contribution >= 0.6 is 0 Å². The van der Waals surface area contributed by atoms with E-state index in [-0.39, 0.29) is 5.91 Å². The minimum absolute atomic E-state index is 0.0978. The minimum Gasteiger partial charge on any atom is -0.326 e. The van der Waals surface area contributed by atoms with Crippen LogP contribution in [0, 0.1) is 0 Å². The first-order valence-electron chi connectivity index (χ1n) is 8.85. The lowest BCUT2D eigenvalue weighted by Crippen LogP contribution is -2.18. The van der Waals surface area contributed by atoms with Gasteiger partial charge in [0.1, 0.15) is 0 Å². The highest BCUT2D eigenvalue weighted by atomic mass is 16.1. The predicted molar refractivity (Wildman–Crippen MR) is 106 cm³/mol. The Balaban J connectivity index is 1.73. The van der Waals surface area contributed by atoms with Crippen molar-refractivity contribution >= 4 is 23.2 Å². The van der Waals surface area contributed by atoms with Gasteiger partial charge in [-0.15, -0.1) is 0 Å². The summed E-state index contributed by atoms with van der Waals surface area (Å²) in [6.07, 6.45) is 8.10. The molecule has 0 unspecified atom stereocenters. The second-order valence-corrected chi connectivity index (χ2v) is 6.54. The van der Waals surface area contributed by atoms with E-state index in [2.05, 4.69) is 58.8 Å². The van der Waals surface area contributed by atoms with Gasteiger partial charge in [0, 0.05) is 24.5 Å². The second kappa shape index (κ2) is 7.36. The van der Waals surface area contributed by atoms with Gasteiger partial charge in [-0.2, -0.15) is 0 Å². The number of fused-ring (bicyclic) bond motifs is 1. The molecule has 4 rings (SSSR count). The van der Waals surface area contributed by atoms with Crippen molar-refractivity contribution in [3.05, 3.63) is 95.3 Å². The van der Waals surface area contributed by atoms with Gasteiger partial charge in [-0.3, -0.25) is 9.78 Å². The van der Waals surface area contributed by atoms with Gasteiger partial charge in [-0.05, 0) is 58.9 Å². The molecule has 3 aromatic rings. The zero-order chi connectivity index (χ0) is 17.8. The fraction of sp³-hybridized carbons (Fsp3) is 0.130. The topological polar surface area (TPSA) is 42.0 Å². The molecule has 2 heterocycles. The molecule has 0 bridgehead atoms. The average Bonchev–Trinajstić information content (AvgIpc) is 2.69. The van der Waals surface area contributed by atoms with Gasteiger partial charge in [0.15, 0.2) is 0 Å². The number of benzene rings is 2. The average molecular weight is 340 g/mol. The Morgan fingerprint density at radius 1 is 1.04 bits per heavy atom. The van der Waals surface area contributed by atoms with Crippen molar-refractivity contribution in [3.63, 3.8) is 0 Å². The molecule has 1 N–H and O–H groups in total. The van der Waals surface area contributed by atoms with Crippen molar-refractivity contribution in [2.24, 2.45) is 0 Å². The van der Waals surface area contributed by atoms with E-state index in [1.54, 1.807) is 6.20 Å². The zero-order valence-corrected chi connectivity index (χ0v) is 14.5. The Kier molecular flexibility index (Phi) is 4.61. The van der Waals surface area contributed by atoms with E-state index in [0.29, 0.717) is 6.42 Å². The summed E-state index contributed by atoms with van der Waals surface area (Å²) in [6.45, 7) is 0. The maximum Gasteiger partial charge on any atom is 0.224 e. The molecule has 1 aliphatic heterocycles. The van der Waals surface area contributed by atoms with Gasteiger partial charge in [0.05, 0.1) is 0 Å². The molecule has 1 aliphatic rings. The van der Waals surface area contributed by atoms with Crippen molar-refractivity contribution in [1.29, 1.82) is 0 Å². The molecule has 2 aromatic carbocycles. The standard InChI is InChI=1S/C23H20N2O/c26-23-11-9-20-15-19(8-10-22(20)25-23)21(13-17-5-2-1-3-6-17)14-18-7-4-12-24-16-18/h1-8,10,12-13,15-16H,9,11,14H2,(H,25,26)/b21-13-. The van der Waals surface area contributed by atoms with E-state index in [4.69, 9.17) is 0 Å². The fourth-order valence-electron chi connectivity index (χ4n) is 3.29. The number of pyridine rings is 1. The molecule has 128 valence electrons. The molecular formula is C23H20N2O. The van der Waals surface area contributed by atoms with Gasteiger partial charge < -0.3 is 5.32 Å². The van der Waals surface area contributed by atoms with Crippen LogP contribution in [0.15, 0.2) is 73.1 Å². The number of hydrogen-bond acceptors (Lipinski definition) is 2. The van der Waals surface area contributed by atoms with Crippen LogP contribution in [0.25, 0.3) is 11.6 Å². The first-order valence-corrected chi connectivity index (χ1v) is 8.85. The fourth-order valence-corrected chi connectivity index (χ4v) is 3.29. The third kappa shape index (κ3) is 3.72. The van der Waals surface area contributed by atoms with E-state index in [1.807, 2.05) is 24.4 Å². The molecular weight excluding hydrogens is 320 g/mol. The summed E-state index contributed by atoms with van der Waals surface area (Å²) in [5.41, 5.74) is 6.92. The minimum atomic E-state index is 0.0978. The molecule has 1 aromatic heterocycles. The number of rotatable bonds is 4. The number of aryl methyl sites for hydroxylation is 1. The number of nitrogens with zero attached hydrogens (tertiary/aromatic N) is 1. The van der Waals surface area contributed by atoms with Gasteiger partial charge in [-0.25, -0.2) is 0 Å². The summed E-state index contributed by atoms with van der Waals surface area (Å²) in [4.78, 5) is 15.8. The zero-order valence-electron chi connectivity index (χ0n) is 14.5. The van der Waals surface area contributed by atoms with Crippen molar-refractivity contribution < 1.29 is 4.79 Å². The van der Waals surface area contributed by atoms with Crippen LogP contribution in [0.4, 0.5) is 5.69 Å². The van der Waals surface area contributed by atoms with E-state index >= 15 is 0 Å². The Morgan fingerprint density at radius 3 is 2.73 bits per heavy atom.